The number of carbonyl (C=O) groups excluding carboxylic acids is 1. The number of hydrogen-bond acceptors (Lipinski definition) is 1. The van der Waals surface area contributed by atoms with Gasteiger partial charge in [0.1, 0.15) is 0 Å². The summed E-state index contributed by atoms with van der Waals surface area (Å²) in [7, 11) is 0. The lowest BCUT2D eigenvalue weighted by Gasteiger charge is -2.29. The molecule has 19 heavy (non-hydrogen) atoms. The van der Waals surface area contributed by atoms with E-state index >= 15 is 0 Å². The molecule has 0 aliphatic carbocycles. The molecule has 0 aromatic heterocycles. The first-order chi connectivity index (χ1) is 8.99. The van der Waals surface area contributed by atoms with Crippen LogP contribution >= 0.6 is 11.6 Å². The molecule has 3 heteroatoms. The largest absolute Gasteiger partial charge is 0.351 e. The molecule has 0 saturated heterocycles. The van der Waals surface area contributed by atoms with Crippen molar-refractivity contribution in [2.24, 2.45) is 0 Å². The smallest absolute Gasteiger partial charge is 0.220 e. The van der Waals surface area contributed by atoms with Crippen molar-refractivity contribution in [1.82, 2.24) is 5.32 Å². The number of carbonyl (C=O) groups is 1. The van der Waals surface area contributed by atoms with Crippen LogP contribution in [0.25, 0.3) is 0 Å². The number of rotatable bonds is 7. The molecule has 1 N–H and O–H groups in total. The van der Waals surface area contributed by atoms with Crippen molar-refractivity contribution >= 4 is 17.5 Å². The van der Waals surface area contributed by atoms with Crippen LogP contribution in [0.2, 0.25) is 0 Å². The molecular formula is C16H24ClNO. The first-order valence-corrected chi connectivity index (χ1v) is 7.45. The molecule has 0 radical (unpaired) electrons. The van der Waals surface area contributed by atoms with Gasteiger partial charge in [0.25, 0.3) is 0 Å². The second-order valence-electron chi connectivity index (χ2n) is 5.39. The zero-order valence-corrected chi connectivity index (χ0v) is 12.9. The Morgan fingerprint density at radius 2 is 2.16 bits per heavy atom. The van der Waals surface area contributed by atoms with E-state index in [0.29, 0.717) is 12.3 Å². The average molecular weight is 282 g/mol. The molecule has 0 aliphatic heterocycles. The molecule has 1 aromatic rings. The Hall–Kier alpha value is -1.02. The number of benzene rings is 1. The van der Waals surface area contributed by atoms with Crippen LogP contribution in [0.1, 0.15) is 44.2 Å². The van der Waals surface area contributed by atoms with E-state index in [2.05, 4.69) is 44.3 Å². The molecule has 0 saturated carbocycles. The number of amides is 1. The molecule has 106 valence electrons. The van der Waals surface area contributed by atoms with Crippen LogP contribution in [0.3, 0.4) is 0 Å². The zero-order valence-electron chi connectivity index (χ0n) is 12.1. The summed E-state index contributed by atoms with van der Waals surface area (Å²) in [5, 5.41) is 3.11. The Morgan fingerprint density at radius 3 is 2.74 bits per heavy atom. The number of halogens is 1. The lowest BCUT2D eigenvalue weighted by Crippen LogP contribution is -2.45. The summed E-state index contributed by atoms with van der Waals surface area (Å²) in [6.45, 7) is 6.20. The van der Waals surface area contributed by atoms with Gasteiger partial charge in [-0.05, 0) is 38.7 Å². The monoisotopic (exact) mass is 281 g/mol. The van der Waals surface area contributed by atoms with Crippen LogP contribution in [-0.4, -0.2) is 17.3 Å². The minimum atomic E-state index is -0.175. The minimum Gasteiger partial charge on any atom is -0.351 e. The minimum absolute atomic E-state index is 0.107. The van der Waals surface area contributed by atoms with E-state index in [4.69, 9.17) is 11.6 Å². The predicted octanol–water partition coefficient (Wildman–Crippen LogP) is 3.84. The van der Waals surface area contributed by atoms with Gasteiger partial charge in [-0.25, -0.2) is 0 Å². The van der Waals surface area contributed by atoms with Crippen LogP contribution in [-0.2, 0) is 11.2 Å². The quantitative estimate of drug-likeness (QED) is 0.756. The van der Waals surface area contributed by atoms with Crippen molar-refractivity contribution in [3.63, 3.8) is 0 Å². The highest BCUT2D eigenvalue weighted by atomic mass is 35.5. The molecule has 0 aliphatic rings. The van der Waals surface area contributed by atoms with Crippen molar-refractivity contribution in [2.45, 2.75) is 52.0 Å². The van der Waals surface area contributed by atoms with Crippen molar-refractivity contribution in [3.05, 3.63) is 35.4 Å². The summed E-state index contributed by atoms with van der Waals surface area (Å²) in [6, 6.07) is 8.30. The summed E-state index contributed by atoms with van der Waals surface area (Å²) in [4.78, 5) is 12.0. The van der Waals surface area contributed by atoms with Gasteiger partial charge in [-0.3, -0.25) is 4.79 Å². The van der Waals surface area contributed by atoms with Crippen molar-refractivity contribution in [3.8, 4) is 0 Å². The number of nitrogens with one attached hydrogen (secondary N) is 1. The molecule has 1 amide bonds. The van der Waals surface area contributed by atoms with Crippen molar-refractivity contribution in [1.29, 1.82) is 0 Å². The van der Waals surface area contributed by atoms with Crippen molar-refractivity contribution < 1.29 is 4.79 Å². The molecule has 0 bridgehead atoms. The van der Waals surface area contributed by atoms with Gasteiger partial charge in [-0.2, -0.15) is 0 Å². The standard InChI is InChI=1S/C16H24ClNO/c1-4-16(3,10-11-17)18-15(19)9-8-14-7-5-6-13(2)12-14/h5-7,12H,4,8-11H2,1-3H3,(H,18,19). The molecule has 1 rings (SSSR count). The Balaban J connectivity index is 2.47. The summed E-state index contributed by atoms with van der Waals surface area (Å²) >= 11 is 5.79. The maximum absolute atomic E-state index is 12.0. The third kappa shape index (κ3) is 5.65. The fourth-order valence-corrected chi connectivity index (χ4v) is 2.48. The fraction of sp³-hybridized carbons (Fsp3) is 0.562. The predicted molar refractivity (Wildman–Crippen MR) is 81.7 cm³/mol. The first-order valence-electron chi connectivity index (χ1n) is 6.91. The van der Waals surface area contributed by atoms with Crippen LogP contribution in [0.4, 0.5) is 0 Å². The fourth-order valence-electron chi connectivity index (χ4n) is 2.06. The van der Waals surface area contributed by atoms with Crippen LogP contribution < -0.4 is 5.32 Å². The van der Waals surface area contributed by atoms with Gasteiger partial charge in [0.15, 0.2) is 0 Å². The lowest BCUT2D eigenvalue weighted by atomic mass is 9.95. The van der Waals surface area contributed by atoms with Gasteiger partial charge in [0, 0.05) is 17.8 Å². The van der Waals surface area contributed by atoms with E-state index in [1.807, 2.05) is 6.07 Å². The third-order valence-corrected chi connectivity index (χ3v) is 3.78. The molecule has 0 heterocycles. The topological polar surface area (TPSA) is 29.1 Å². The van der Waals surface area contributed by atoms with Crippen LogP contribution in [0, 0.1) is 6.92 Å². The molecule has 2 nitrogen and oxygen atoms in total. The van der Waals surface area contributed by atoms with Gasteiger partial charge in [0.05, 0.1) is 0 Å². The van der Waals surface area contributed by atoms with E-state index in [1.165, 1.54) is 11.1 Å². The summed E-state index contributed by atoms with van der Waals surface area (Å²) in [5.41, 5.74) is 2.27. The Labute approximate surface area is 121 Å². The van der Waals surface area contributed by atoms with Crippen molar-refractivity contribution in [2.75, 3.05) is 5.88 Å². The number of aryl methyl sites for hydroxylation is 2. The van der Waals surface area contributed by atoms with Gasteiger partial charge in [-0.15, -0.1) is 11.6 Å². The summed E-state index contributed by atoms with van der Waals surface area (Å²) in [5.74, 6) is 0.679. The highest BCUT2D eigenvalue weighted by Gasteiger charge is 2.23. The molecule has 1 unspecified atom stereocenters. The highest BCUT2D eigenvalue weighted by molar-refractivity contribution is 6.17. The molecule has 1 atom stereocenters. The van der Waals surface area contributed by atoms with Crippen LogP contribution in [0.5, 0.6) is 0 Å². The summed E-state index contributed by atoms with van der Waals surface area (Å²) < 4.78 is 0. The highest BCUT2D eigenvalue weighted by Crippen LogP contribution is 2.16. The zero-order chi connectivity index (χ0) is 14.3. The third-order valence-electron chi connectivity index (χ3n) is 3.59. The summed E-state index contributed by atoms with van der Waals surface area (Å²) in [6.07, 6.45) is 3.02. The maximum atomic E-state index is 12.0. The van der Waals surface area contributed by atoms with E-state index < -0.39 is 0 Å². The Kier molecular flexibility index (Phi) is 6.36. The van der Waals surface area contributed by atoms with Gasteiger partial charge in [0.2, 0.25) is 5.91 Å². The van der Waals surface area contributed by atoms with Gasteiger partial charge in [-0.1, -0.05) is 36.8 Å². The lowest BCUT2D eigenvalue weighted by molar-refractivity contribution is -0.122. The molecule has 0 spiro atoms. The van der Waals surface area contributed by atoms with E-state index in [0.717, 1.165) is 19.3 Å². The second-order valence-corrected chi connectivity index (χ2v) is 5.77. The van der Waals surface area contributed by atoms with Gasteiger partial charge >= 0.3 is 0 Å². The molecule has 0 fully saturated rings. The first kappa shape index (κ1) is 16.0. The Bertz CT molecular complexity index is 419. The second kappa shape index (κ2) is 7.54. The van der Waals surface area contributed by atoms with Gasteiger partial charge < -0.3 is 5.32 Å². The van der Waals surface area contributed by atoms with E-state index in [1.54, 1.807) is 0 Å². The van der Waals surface area contributed by atoms with E-state index in [-0.39, 0.29) is 11.4 Å². The number of hydrogen-bond donors (Lipinski definition) is 1. The maximum Gasteiger partial charge on any atom is 0.220 e. The Morgan fingerprint density at radius 1 is 1.42 bits per heavy atom. The average Bonchev–Trinajstić information content (AvgIpc) is 2.37. The molecular weight excluding hydrogens is 258 g/mol. The number of alkyl halides is 1. The molecule has 1 aromatic carbocycles. The normalized spacial score (nSPS) is 13.9. The van der Waals surface area contributed by atoms with Crippen LogP contribution in [0.15, 0.2) is 24.3 Å². The SMILES string of the molecule is CCC(C)(CCCl)NC(=O)CCc1cccc(C)c1. The van der Waals surface area contributed by atoms with E-state index in [9.17, 15) is 4.79 Å².